The second-order valence-electron chi connectivity index (χ2n) is 29.1. The van der Waals surface area contributed by atoms with E-state index in [-0.39, 0.29) is 32.0 Å². The number of rotatable bonds is 77. The monoisotopic (exact) mass is 1410 g/mol. The van der Waals surface area contributed by atoms with Gasteiger partial charge in [0.05, 0.1) is 27.7 Å². The second kappa shape index (κ2) is 79.3. The van der Waals surface area contributed by atoms with E-state index < -0.39 is 26.5 Å². The molecule has 2 atom stereocenters. The zero-order chi connectivity index (χ0) is 72.5. The Morgan fingerprint density at radius 2 is 0.540 bits per heavy atom. The number of esters is 2. The molecule has 0 fully saturated rings. The Kier molecular flexibility index (Phi) is 76.2. The SMILES string of the molecule is CC/C=C\C/C=C\C/C=C\C/C=C\C/C=C\C/C=C\C/C=C\CCCCCCCCCCCCCCCCCC(=O)OC(COC(=O)CCCCCCCCCCCCCCCCCCCCCCCCCCCC/C=C\C/C=C\C/C=C\C/C=C\CC)COP(=O)(O)OCC[N+](C)(C)C. The lowest BCUT2D eigenvalue weighted by Gasteiger charge is -2.24. The van der Waals surface area contributed by atoms with Gasteiger partial charge in [0.25, 0.3) is 0 Å². The number of allylic oxidation sites excluding steroid dienone is 22. The van der Waals surface area contributed by atoms with Gasteiger partial charge in [0.2, 0.25) is 0 Å². The third kappa shape index (κ3) is 83.1. The average molecular weight is 1410 g/mol. The van der Waals surface area contributed by atoms with Gasteiger partial charge in [0, 0.05) is 12.8 Å². The number of likely N-dealkylation sites (N-methyl/N-ethyl adjacent to an activating group) is 1. The number of nitrogens with zero attached hydrogens (tertiary/aromatic N) is 1. The number of ether oxygens (including phenoxy) is 2. The van der Waals surface area contributed by atoms with Gasteiger partial charge in [-0.3, -0.25) is 18.6 Å². The summed E-state index contributed by atoms with van der Waals surface area (Å²) in [6, 6.07) is 0. The highest BCUT2D eigenvalue weighted by atomic mass is 31.2. The van der Waals surface area contributed by atoms with Crippen molar-refractivity contribution in [2.75, 3.05) is 47.5 Å². The summed E-state index contributed by atoms with van der Waals surface area (Å²) in [5.41, 5.74) is 0. The molecule has 0 aliphatic rings. The Bertz CT molecular complexity index is 2160. The number of quaternary nitrogens is 1. The summed E-state index contributed by atoms with van der Waals surface area (Å²) in [6.07, 6.45) is 116. The van der Waals surface area contributed by atoms with E-state index in [0.717, 1.165) is 109 Å². The molecule has 576 valence electrons. The van der Waals surface area contributed by atoms with Gasteiger partial charge in [-0.15, -0.1) is 0 Å². The van der Waals surface area contributed by atoms with E-state index in [9.17, 15) is 19.0 Å². The van der Waals surface area contributed by atoms with Crippen LogP contribution < -0.4 is 0 Å². The lowest BCUT2D eigenvalue weighted by molar-refractivity contribution is -0.870. The second-order valence-corrected chi connectivity index (χ2v) is 30.6. The van der Waals surface area contributed by atoms with Crippen LogP contribution >= 0.6 is 7.82 Å². The van der Waals surface area contributed by atoms with Crippen LogP contribution in [-0.2, 0) is 32.7 Å². The first kappa shape index (κ1) is 96.2. The maximum atomic E-state index is 12.9. The first-order valence-electron chi connectivity index (χ1n) is 41.9. The number of phosphoric ester groups is 1. The molecule has 2 unspecified atom stereocenters. The summed E-state index contributed by atoms with van der Waals surface area (Å²) < 4.78 is 34.9. The fourth-order valence-electron chi connectivity index (χ4n) is 11.9. The average Bonchev–Trinajstić information content (AvgIpc) is 1.02. The summed E-state index contributed by atoms with van der Waals surface area (Å²) in [5, 5.41) is 0. The summed E-state index contributed by atoms with van der Waals surface area (Å²) in [6.45, 7) is 4.25. The van der Waals surface area contributed by atoms with Gasteiger partial charge in [-0.1, -0.05) is 385 Å². The summed E-state index contributed by atoms with van der Waals surface area (Å²) in [5.74, 6) is -0.784. The Hall–Kier alpha value is -3.85. The largest absolute Gasteiger partial charge is 0.472 e. The van der Waals surface area contributed by atoms with Gasteiger partial charge in [-0.2, -0.15) is 0 Å². The molecule has 0 saturated carbocycles. The molecule has 0 aliphatic heterocycles. The summed E-state index contributed by atoms with van der Waals surface area (Å²) in [7, 11) is 1.48. The quantitative estimate of drug-likeness (QED) is 0.0211. The number of hydrogen-bond donors (Lipinski definition) is 1. The molecule has 0 saturated heterocycles. The predicted octanol–water partition coefficient (Wildman–Crippen LogP) is 28.3. The molecule has 0 radical (unpaired) electrons. The van der Waals surface area contributed by atoms with Crippen LogP contribution in [0.2, 0.25) is 0 Å². The van der Waals surface area contributed by atoms with E-state index in [1.54, 1.807) is 0 Å². The summed E-state index contributed by atoms with van der Waals surface area (Å²) in [4.78, 5) is 36.0. The van der Waals surface area contributed by atoms with Gasteiger partial charge in [0.15, 0.2) is 6.10 Å². The molecule has 0 amide bonds. The molecule has 10 heteroatoms. The van der Waals surface area contributed by atoms with Crippen molar-refractivity contribution >= 4 is 19.8 Å². The van der Waals surface area contributed by atoms with Gasteiger partial charge >= 0.3 is 19.8 Å². The topological polar surface area (TPSA) is 108 Å². The molecule has 0 aliphatic carbocycles. The standard InChI is InChI=1S/C90H158NO8P/c1-6-8-10-12-14-16-18-20-22-24-26-28-30-32-34-36-38-40-42-44-45-47-48-50-52-54-56-58-60-62-64-66-68-70-72-74-76-78-80-82-89(92)96-86-88(87-98-100(94,95)97-85-84-91(3,4)5)99-90(93)83-81-79-77-75-73-71-69-67-65-63-61-59-57-55-53-51-49-46-43-41-39-37-35-33-31-29-27-25-23-21-19-17-15-13-11-9-7-2/h8-11,14-17,20-23,26-29,33,35,39,41,46,49,88H,6-7,12-13,18-19,24-25,30-32,34,36-38,40,42-45,47-48,50-87H2,1-5H3/p+1/b10-8-,11-9-,16-14-,17-15-,22-20-,23-21-,28-26-,29-27-,35-33-,41-39-,49-46-. The van der Waals surface area contributed by atoms with Crippen molar-refractivity contribution in [3.05, 3.63) is 134 Å². The molecule has 0 rings (SSSR count). The van der Waals surface area contributed by atoms with E-state index in [0.29, 0.717) is 17.4 Å². The Balaban J connectivity index is 3.93. The molecule has 0 aromatic rings. The predicted molar refractivity (Wildman–Crippen MR) is 436 cm³/mol. The van der Waals surface area contributed by atoms with Crippen LogP contribution in [0.4, 0.5) is 0 Å². The number of carbonyl (C=O) groups is 2. The molecule has 0 aromatic carbocycles. The Morgan fingerprint density at radius 3 is 0.800 bits per heavy atom. The fourth-order valence-corrected chi connectivity index (χ4v) is 12.6. The third-order valence-corrected chi connectivity index (χ3v) is 19.2. The van der Waals surface area contributed by atoms with Crippen LogP contribution in [0.5, 0.6) is 0 Å². The normalized spacial score (nSPS) is 13.7. The molecule has 0 spiro atoms. The van der Waals surface area contributed by atoms with Crippen LogP contribution in [-0.4, -0.2) is 74.9 Å². The molecule has 9 nitrogen and oxygen atoms in total. The van der Waals surface area contributed by atoms with Crippen LogP contribution in [0.3, 0.4) is 0 Å². The van der Waals surface area contributed by atoms with Crippen LogP contribution in [0.25, 0.3) is 0 Å². The van der Waals surface area contributed by atoms with Crippen molar-refractivity contribution in [2.24, 2.45) is 0 Å². The minimum atomic E-state index is -4.40. The molecule has 100 heavy (non-hydrogen) atoms. The van der Waals surface area contributed by atoms with E-state index in [1.807, 2.05) is 21.1 Å². The molecular weight excluding hydrogens is 1250 g/mol. The summed E-state index contributed by atoms with van der Waals surface area (Å²) >= 11 is 0. The molecule has 0 aromatic heterocycles. The number of carbonyl (C=O) groups excluding carboxylic acids is 2. The van der Waals surface area contributed by atoms with Crippen molar-refractivity contribution in [1.29, 1.82) is 0 Å². The smallest absolute Gasteiger partial charge is 0.462 e. The highest BCUT2D eigenvalue weighted by molar-refractivity contribution is 7.47. The van der Waals surface area contributed by atoms with Crippen LogP contribution in [0, 0.1) is 0 Å². The molecule has 0 bridgehead atoms. The Morgan fingerprint density at radius 1 is 0.310 bits per heavy atom. The molecule has 1 N–H and O–H groups in total. The minimum Gasteiger partial charge on any atom is -0.462 e. The van der Waals surface area contributed by atoms with Gasteiger partial charge in [0.1, 0.15) is 19.8 Å². The lowest BCUT2D eigenvalue weighted by Crippen LogP contribution is -2.37. The van der Waals surface area contributed by atoms with Crippen molar-refractivity contribution in [2.45, 2.75) is 380 Å². The number of hydrogen-bond acceptors (Lipinski definition) is 7. The lowest BCUT2D eigenvalue weighted by atomic mass is 10.0. The molecule has 0 heterocycles. The van der Waals surface area contributed by atoms with E-state index in [2.05, 4.69) is 148 Å². The fraction of sp³-hybridized carbons (Fsp3) is 0.733. The Labute approximate surface area is 619 Å². The zero-order valence-corrected chi connectivity index (χ0v) is 66.8. The van der Waals surface area contributed by atoms with Gasteiger partial charge in [-0.25, -0.2) is 4.57 Å². The van der Waals surface area contributed by atoms with E-state index in [1.165, 1.54) is 231 Å². The first-order valence-corrected chi connectivity index (χ1v) is 43.4. The molecular formula is C90H159NO8P+. The number of phosphoric acid groups is 1. The van der Waals surface area contributed by atoms with Gasteiger partial charge < -0.3 is 18.9 Å². The van der Waals surface area contributed by atoms with Crippen molar-refractivity contribution in [3.63, 3.8) is 0 Å². The van der Waals surface area contributed by atoms with E-state index in [4.69, 9.17) is 18.5 Å². The number of unbranched alkanes of at least 4 members (excludes halogenated alkanes) is 41. The van der Waals surface area contributed by atoms with Gasteiger partial charge in [-0.05, 0) is 109 Å². The first-order chi connectivity index (χ1) is 49.0. The third-order valence-electron chi connectivity index (χ3n) is 18.2. The van der Waals surface area contributed by atoms with Crippen molar-refractivity contribution < 1.29 is 42.1 Å². The van der Waals surface area contributed by atoms with Crippen LogP contribution in [0.15, 0.2) is 134 Å². The zero-order valence-electron chi connectivity index (χ0n) is 65.9. The van der Waals surface area contributed by atoms with Crippen LogP contribution in [0.1, 0.15) is 373 Å². The van der Waals surface area contributed by atoms with E-state index >= 15 is 0 Å². The highest BCUT2D eigenvalue weighted by Gasteiger charge is 2.27. The highest BCUT2D eigenvalue weighted by Crippen LogP contribution is 2.43. The van der Waals surface area contributed by atoms with Crippen molar-refractivity contribution in [3.8, 4) is 0 Å². The maximum absolute atomic E-state index is 12.9. The minimum absolute atomic E-state index is 0.0297. The maximum Gasteiger partial charge on any atom is 0.472 e. The van der Waals surface area contributed by atoms with Crippen molar-refractivity contribution in [1.82, 2.24) is 0 Å².